The molecular formula is C9H14N4O3. The molecule has 7 heteroatoms. The van der Waals surface area contributed by atoms with Crippen molar-refractivity contribution in [2.24, 2.45) is 0 Å². The lowest BCUT2D eigenvalue weighted by Crippen LogP contribution is -2.53. The lowest BCUT2D eigenvalue weighted by atomic mass is 10.2. The van der Waals surface area contributed by atoms with Crippen LogP contribution in [0.15, 0.2) is 4.52 Å². The van der Waals surface area contributed by atoms with E-state index in [0.717, 1.165) is 0 Å². The number of aromatic nitrogens is 2. The summed E-state index contributed by atoms with van der Waals surface area (Å²) in [6.45, 7) is 5.19. The Morgan fingerprint density at radius 3 is 2.81 bits per heavy atom. The van der Waals surface area contributed by atoms with Crippen LogP contribution in [-0.2, 0) is 0 Å². The smallest absolute Gasteiger partial charge is 0.407 e. The molecule has 88 valence electrons. The summed E-state index contributed by atoms with van der Waals surface area (Å²) in [4.78, 5) is 18.3. The monoisotopic (exact) mass is 226 g/mol. The molecule has 0 unspecified atom stereocenters. The predicted molar refractivity (Wildman–Crippen MR) is 55.4 cm³/mol. The summed E-state index contributed by atoms with van der Waals surface area (Å²) in [5, 5.41) is 12.7. The van der Waals surface area contributed by atoms with Gasteiger partial charge in [-0.2, -0.15) is 4.98 Å². The van der Waals surface area contributed by atoms with Crippen LogP contribution in [0.1, 0.15) is 12.8 Å². The van der Waals surface area contributed by atoms with Gasteiger partial charge in [-0.1, -0.05) is 0 Å². The molecule has 2 rings (SSSR count). The summed E-state index contributed by atoms with van der Waals surface area (Å²) >= 11 is 0. The molecule has 16 heavy (non-hydrogen) atoms. The molecule has 1 amide bonds. The second-order valence-electron chi connectivity index (χ2n) is 3.88. The van der Waals surface area contributed by atoms with Gasteiger partial charge in [-0.25, -0.2) is 4.79 Å². The first kappa shape index (κ1) is 10.7. The standard InChI is InChI=1S/C9H14N4O3/c1-6-5-12(9(14)15)3-4-13(6)8-10-7(2)16-11-8/h6H,3-5H2,1-2H3,(H,14,15)/t6-/m0/s1. The highest BCUT2D eigenvalue weighted by atomic mass is 16.5. The number of carboxylic acid groups (broad SMARTS) is 1. The van der Waals surface area contributed by atoms with Crippen LogP contribution in [0, 0.1) is 6.92 Å². The largest absolute Gasteiger partial charge is 0.465 e. The zero-order valence-electron chi connectivity index (χ0n) is 9.25. The highest BCUT2D eigenvalue weighted by Crippen LogP contribution is 2.16. The van der Waals surface area contributed by atoms with E-state index in [0.29, 0.717) is 31.5 Å². The number of anilines is 1. The number of carbonyl (C=O) groups is 1. The minimum atomic E-state index is -0.879. The van der Waals surface area contributed by atoms with E-state index in [-0.39, 0.29) is 6.04 Å². The fourth-order valence-corrected chi connectivity index (χ4v) is 1.83. The van der Waals surface area contributed by atoms with Crippen LogP contribution >= 0.6 is 0 Å². The number of rotatable bonds is 1. The Bertz CT molecular complexity index is 392. The van der Waals surface area contributed by atoms with Crippen LogP contribution in [-0.4, -0.2) is 51.9 Å². The van der Waals surface area contributed by atoms with E-state index in [4.69, 9.17) is 9.63 Å². The first-order valence-electron chi connectivity index (χ1n) is 5.12. The lowest BCUT2D eigenvalue weighted by molar-refractivity contribution is 0.136. The Morgan fingerprint density at radius 2 is 2.31 bits per heavy atom. The van der Waals surface area contributed by atoms with Crippen LogP contribution in [0.5, 0.6) is 0 Å². The average Bonchev–Trinajstić information content (AvgIpc) is 2.64. The van der Waals surface area contributed by atoms with Gasteiger partial charge in [0.15, 0.2) is 0 Å². The van der Waals surface area contributed by atoms with Gasteiger partial charge >= 0.3 is 6.09 Å². The van der Waals surface area contributed by atoms with E-state index in [1.807, 2.05) is 11.8 Å². The van der Waals surface area contributed by atoms with Crippen molar-refractivity contribution in [3.05, 3.63) is 5.89 Å². The molecular weight excluding hydrogens is 212 g/mol. The van der Waals surface area contributed by atoms with Crippen LogP contribution in [0.25, 0.3) is 0 Å². The molecule has 0 saturated carbocycles. The molecule has 1 aliphatic rings. The zero-order valence-corrected chi connectivity index (χ0v) is 9.25. The van der Waals surface area contributed by atoms with E-state index in [1.54, 1.807) is 6.92 Å². The molecule has 1 aromatic heterocycles. The van der Waals surface area contributed by atoms with Crippen molar-refractivity contribution in [3.63, 3.8) is 0 Å². The third-order valence-corrected chi connectivity index (χ3v) is 2.67. The molecule has 2 heterocycles. The highest BCUT2D eigenvalue weighted by Gasteiger charge is 2.28. The molecule has 1 saturated heterocycles. The van der Waals surface area contributed by atoms with Crippen LogP contribution in [0.4, 0.5) is 10.7 Å². The van der Waals surface area contributed by atoms with E-state index in [1.165, 1.54) is 4.90 Å². The molecule has 0 aliphatic carbocycles. The number of amides is 1. The van der Waals surface area contributed by atoms with Crippen LogP contribution in [0.3, 0.4) is 0 Å². The Kier molecular flexibility index (Phi) is 2.67. The van der Waals surface area contributed by atoms with Crippen molar-refractivity contribution < 1.29 is 14.4 Å². The fourth-order valence-electron chi connectivity index (χ4n) is 1.83. The van der Waals surface area contributed by atoms with E-state index in [2.05, 4.69) is 10.1 Å². The van der Waals surface area contributed by atoms with Gasteiger partial charge in [0.1, 0.15) is 0 Å². The average molecular weight is 226 g/mol. The molecule has 1 aromatic rings. The number of hydrogen-bond donors (Lipinski definition) is 1. The van der Waals surface area contributed by atoms with Gasteiger partial charge in [0.05, 0.1) is 0 Å². The SMILES string of the molecule is Cc1nc(N2CCN(C(=O)O)C[C@@H]2C)no1. The normalized spacial score (nSPS) is 21.2. The Morgan fingerprint density at radius 1 is 1.56 bits per heavy atom. The Hall–Kier alpha value is -1.79. The maximum atomic E-state index is 10.8. The van der Waals surface area contributed by atoms with Gasteiger partial charge in [0.2, 0.25) is 5.89 Å². The van der Waals surface area contributed by atoms with Crippen molar-refractivity contribution in [3.8, 4) is 0 Å². The molecule has 1 atom stereocenters. The molecule has 1 fully saturated rings. The van der Waals surface area contributed by atoms with Crippen LogP contribution < -0.4 is 4.90 Å². The fraction of sp³-hybridized carbons (Fsp3) is 0.667. The minimum Gasteiger partial charge on any atom is -0.465 e. The third-order valence-electron chi connectivity index (χ3n) is 2.67. The second kappa shape index (κ2) is 3.99. The summed E-state index contributed by atoms with van der Waals surface area (Å²) in [6, 6.07) is 0.0573. The van der Waals surface area contributed by atoms with Crippen molar-refractivity contribution in [1.29, 1.82) is 0 Å². The number of nitrogens with zero attached hydrogens (tertiary/aromatic N) is 4. The quantitative estimate of drug-likeness (QED) is 0.753. The van der Waals surface area contributed by atoms with Crippen molar-refractivity contribution in [2.45, 2.75) is 19.9 Å². The summed E-state index contributed by atoms with van der Waals surface area (Å²) in [7, 11) is 0. The third kappa shape index (κ3) is 1.93. The number of hydrogen-bond acceptors (Lipinski definition) is 5. The first-order chi connectivity index (χ1) is 7.58. The Labute approximate surface area is 92.6 Å². The summed E-state index contributed by atoms with van der Waals surface area (Å²) in [5.41, 5.74) is 0. The molecule has 1 N–H and O–H groups in total. The molecule has 0 aromatic carbocycles. The first-order valence-corrected chi connectivity index (χ1v) is 5.12. The molecule has 1 aliphatic heterocycles. The van der Waals surface area contributed by atoms with E-state index < -0.39 is 6.09 Å². The minimum absolute atomic E-state index is 0.0573. The Balaban J connectivity index is 2.07. The zero-order chi connectivity index (χ0) is 11.7. The topological polar surface area (TPSA) is 82.7 Å². The van der Waals surface area contributed by atoms with Gasteiger partial charge in [-0.05, 0) is 12.1 Å². The second-order valence-corrected chi connectivity index (χ2v) is 3.88. The molecule has 0 bridgehead atoms. The number of aryl methyl sites for hydroxylation is 1. The molecule has 7 nitrogen and oxygen atoms in total. The lowest BCUT2D eigenvalue weighted by Gasteiger charge is -2.37. The van der Waals surface area contributed by atoms with Gasteiger partial charge in [0, 0.05) is 32.6 Å². The number of piperazine rings is 1. The van der Waals surface area contributed by atoms with Crippen LogP contribution in [0.2, 0.25) is 0 Å². The van der Waals surface area contributed by atoms with E-state index >= 15 is 0 Å². The van der Waals surface area contributed by atoms with Crippen molar-refractivity contribution in [2.75, 3.05) is 24.5 Å². The van der Waals surface area contributed by atoms with Gasteiger partial charge in [0.25, 0.3) is 5.95 Å². The summed E-state index contributed by atoms with van der Waals surface area (Å²) in [5.74, 6) is 1.05. The maximum Gasteiger partial charge on any atom is 0.407 e. The van der Waals surface area contributed by atoms with Crippen molar-refractivity contribution >= 4 is 12.0 Å². The van der Waals surface area contributed by atoms with Gasteiger partial charge < -0.3 is 19.4 Å². The van der Waals surface area contributed by atoms with Gasteiger partial charge in [-0.3, -0.25) is 0 Å². The summed E-state index contributed by atoms with van der Waals surface area (Å²) < 4.78 is 4.91. The van der Waals surface area contributed by atoms with Gasteiger partial charge in [-0.15, -0.1) is 0 Å². The highest BCUT2D eigenvalue weighted by molar-refractivity contribution is 5.65. The maximum absolute atomic E-state index is 10.8. The molecule has 0 spiro atoms. The van der Waals surface area contributed by atoms with Crippen molar-refractivity contribution in [1.82, 2.24) is 15.0 Å². The van der Waals surface area contributed by atoms with E-state index in [9.17, 15) is 4.79 Å². The summed E-state index contributed by atoms with van der Waals surface area (Å²) in [6.07, 6.45) is -0.879. The predicted octanol–water partition coefficient (Wildman–Crippen LogP) is 0.567. The molecule has 0 radical (unpaired) electrons.